The van der Waals surface area contributed by atoms with Gasteiger partial charge in [0.15, 0.2) is 0 Å². The standard InChI is InChI=1S/C10H9NS/c1-11-10(8-12)7-9-5-3-2-4-6-9/h2-6,8,12H,7H2/p-1/b10-8-. The van der Waals surface area contributed by atoms with Gasteiger partial charge in [-0.1, -0.05) is 35.9 Å². The van der Waals surface area contributed by atoms with Gasteiger partial charge in [0.25, 0.3) is 0 Å². The molecule has 0 aliphatic carbocycles. The zero-order valence-electron chi connectivity index (χ0n) is 6.53. The van der Waals surface area contributed by atoms with Crippen LogP contribution in [0, 0.1) is 6.57 Å². The highest BCUT2D eigenvalue weighted by Gasteiger charge is 1.93. The van der Waals surface area contributed by atoms with Crippen molar-refractivity contribution in [3.05, 3.63) is 58.4 Å². The monoisotopic (exact) mass is 174 g/mol. The van der Waals surface area contributed by atoms with Crippen LogP contribution in [0.25, 0.3) is 4.85 Å². The summed E-state index contributed by atoms with van der Waals surface area (Å²) in [6.45, 7) is 6.80. The summed E-state index contributed by atoms with van der Waals surface area (Å²) in [5.41, 5.74) is 1.75. The van der Waals surface area contributed by atoms with E-state index in [2.05, 4.69) is 4.85 Å². The molecule has 1 aromatic rings. The molecule has 0 bridgehead atoms. The van der Waals surface area contributed by atoms with Crippen molar-refractivity contribution in [1.82, 2.24) is 0 Å². The first-order chi connectivity index (χ1) is 5.86. The fraction of sp³-hybridized carbons (Fsp3) is 0.100. The van der Waals surface area contributed by atoms with Crippen molar-refractivity contribution in [3.8, 4) is 0 Å². The number of rotatable bonds is 2. The van der Waals surface area contributed by atoms with Crippen molar-refractivity contribution in [2.75, 3.05) is 0 Å². The molecular weight excluding hydrogens is 166 g/mol. The van der Waals surface area contributed by atoms with E-state index in [1.807, 2.05) is 30.3 Å². The second-order valence-electron chi connectivity index (χ2n) is 2.38. The minimum Gasteiger partial charge on any atom is -0.799 e. The Kier molecular flexibility index (Phi) is 3.31. The third-order valence-electron chi connectivity index (χ3n) is 1.51. The minimum atomic E-state index is 0.621. The van der Waals surface area contributed by atoms with Crippen molar-refractivity contribution in [3.63, 3.8) is 0 Å². The smallest absolute Gasteiger partial charge is 0.144 e. The van der Waals surface area contributed by atoms with Crippen molar-refractivity contribution in [2.24, 2.45) is 0 Å². The van der Waals surface area contributed by atoms with Gasteiger partial charge < -0.3 is 12.6 Å². The Hall–Kier alpha value is -1.33. The van der Waals surface area contributed by atoms with Gasteiger partial charge in [-0.05, 0) is 0 Å². The molecule has 0 N–H and O–H groups in total. The Morgan fingerprint density at radius 1 is 1.42 bits per heavy atom. The van der Waals surface area contributed by atoms with Gasteiger partial charge in [-0.2, -0.15) is 0 Å². The van der Waals surface area contributed by atoms with E-state index in [4.69, 9.17) is 19.2 Å². The van der Waals surface area contributed by atoms with Crippen LogP contribution in [0.1, 0.15) is 5.56 Å². The van der Waals surface area contributed by atoms with Crippen LogP contribution in [0.4, 0.5) is 0 Å². The first kappa shape index (κ1) is 8.76. The molecule has 0 aliphatic heterocycles. The lowest BCUT2D eigenvalue weighted by molar-refractivity contribution is 1.20. The Bertz CT molecular complexity index is 308. The van der Waals surface area contributed by atoms with E-state index < -0.39 is 0 Å². The number of benzene rings is 1. The summed E-state index contributed by atoms with van der Waals surface area (Å²) < 4.78 is 0. The molecular formula is C10H8NS-. The van der Waals surface area contributed by atoms with E-state index in [1.54, 1.807) is 0 Å². The highest BCUT2D eigenvalue weighted by molar-refractivity contribution is 7.62. The molecule has 1 aromatic carbocycles. The molecule has 0 fully saturated rings. The Balaban J connectivity index is 2.72. The average molecular weight is 174 g/mol. The topological polar surface area (TPSA) is 4.36 Å². The normalized spacial score (nSPS) is 10.8. The molecule has 0 saturated heterocycles. The lowest BCUT2D eigenvalue weighted by atomic mass is 10.1. The first-order valence-electron chi connectivity index (χ1n) is 3.59. The second kappa shape index (κ2) is 4.53. The van der Waals surface area contributed by atoms with E-state index in [0.717, 1.165) is 5.56 Å². The molecule has 0 aliphatic rings. The second-order valence-corrected chi connectivity index (χ2v) is 2.62. The van der Waals surface area contributed by atoms with Crippen LogP contribution in [0.3, 0.4) is 0 Å². The molecule has 1 nitrogen and oxygen atoms in total. The van der Waals surface area contributed by atoms with Crippen LogP contribution >= 0.6 is 0 Å². The van der Waals surface area contributed by atoms with Crippen LogP contribution in [-0.2, 0) is 19.0 Å². The highest BCUT2D eigenvalue weighted by Crippen LogP contribution is 2.07. The van der Waals surface area contributed by atoms with E-state index in [0.29, 0.717) is 12.1 Å². The molecule has 0 saturated carbocycles. The molecule has 0 atom stereocenters. The summed E-state index contributed by atoms with van der Waals surface area (Å²) in [6.07, 6.45) is 0.647. The third kappa shape index (κ3) is 2.37. The number of hydrogen-bond donors (Lipinski definition) is 0. The summed E-state index contributed by atoms with van der Waals surface area (Å²) >= 11 is 4.70. The van der Waals surface area contributed by atoms with Crippen LogP contribution in [0.15, 0.2) is 41.4 Å². The summed E-state index contributed by atoms with van der Waals surface area (Å²) in [4.78, 5) is 3.31. The fourth-order valence-corrected chi connectivity index (χ4v) is 1.05. The molecule has 0 spiro atoms. The average Bonchev–Trinajstić information content (AvgIpc) is 2.16. The predicted molar refractivity (Wildman–Crippen MR) is 52.2 cm³/mol. The SMILES string of the molecule is [C-]#[N+]/C(=C\[S-])Cc1ccccc1. The van der Waals surface area contributed by atoms with Crippen LogP contribution in [0.5, 0.6) is 0 Å². The lowest BCUT2D eigenvalue weighted by Gasteiger charge is -2.00. The Morgan fingerprint density at radius 2 is 2.08 bits per heavy atom. The summed E-state index contributed by atoms with van der Waals surface area (Å²) in [5, 5.41) is 1.44. The van der Waals surface area contributed by atoms with E-state index in [1.165, 1.54) is 5.41 Å². The van der Waals surface area contributed by atoms with Gasteiger partial charge in [0, 0.05) is 6.42 Å². The van der Waals surface area contributed by atoms with E-state index >= 15 is 0 Å². The maximum Gasteiger partial charge on any atom is 0.144 e. The molecule has 2 heteroatoms. The van der Waals surface area contributed by atoms with Crippen LogP contribution in [-0.4, -0.2) is 0 Å². The third-order valence-corrected chi connectivity index (χ3v) is 1.78. The molecule has 60 valence electrons. The van der Waals surface area contributed by atoms with Crippen molar-refractivity contribution in [2.45, 2.75) is 6.42 Å². The molecule has 1 rings (SSSR count). The molecule has 0 amide bonds. The van der Waals surface area contributed by atoms with Gasteiger partial charge in [-0.15, -0.1) is 0 Å². The predicted octanol–water partition coefficient (Wildman–Crippen LogP) is 2.54. The number of nitrogens with zero attached hydrogens (tertiary/aromatic N) is 1. The lowest BCUT2D eigenvalue weighted by Crippen LogP contribution is -1.84. The highest BCUT2D eigenvalue weighted by atomic mass is 32.1. The molecule has 12 heavy (non-hydrogen) atoms. The van der Waals surface area contributed by atoms with Gasteiger partial charge in [0.1, 0.15) is 5.70 Å². The first-order valence-corrected chi connectivity index (χ1v) is 4.06. The van der Waals surface area contributed by atoms with E-state index in [9.17, 15) is 0 Å². The summed E-state index contributed by atoms with van der Waals surface area (Å²) in [6, 6.07) is 9.85. The maximum absolute atomic E-state index is 6.80. The van der Waals surface area contributed by atoms with Gasteiger partial charge in [0.05, 0.1) is 6.57 Å². The zero-order chi connectivity index (χ0) is 8.81. The van der Waals surface area contributed by atoms with E-state index in [-0.39, 0.29) is 0 Å². The van der Waals surface area contributed by atoms with Crippen molar-refractivity contribution in [1.29, 1.82) is 0 Å². The van der Waals surface area contributed by atoms with Crippen LogP contribution < -0.4 is 0 Å². The molecule has 0 aromatic heterocycles. The van der Waals surface area contributed by atoms with Gasteiger partial charge in [-0.3, -0.25) is 0 Å². The van der Waals surface area contributed by atoms with Gasteiger partial charge in [0.2, 0.25) is 0 Å². The van der Waals surface area contributed by atoms with Crippen molar-refractivity contribution >= 4 is 12.6 Å². The minimum absolute atomic E-state index is 0.621. The number of hydrogen-bond acceptors (Lipinski definition) is 1. The molecule has 0 heterocycles. The quantitative estimate of drug-likeness (QED) is 0.492. The van der Waals surface area contributed by atoms with Gasteiger partial charge in [-0.25, -0.2) is 10.3 Å². The largest absolute Gasteiger partial charge is 0.799 e. The fourth-order valence-electron chi connectivity index (χ4n) is 0.913. The maximum atomic E-state index is 6.80. The summed E-state index contributed by atoms with van der Waals surface area (Å²) in [7, 11) is 0. The Morgan fingerprint density at radius 3 is 2.58 bits per heavy atom. The molecule has 0 unspecified atom stereocenters. The van der Waals surface area contributed by atoms with Crippen LogP contribution in [0.2, 0.25) is 0 Å². The number of allylic oxidation sites excluding steroid dienone is 1. The van der Waals surface area contributed by atoms with Gasteiger partial charge >= 0.3 is 0 Å². The zero-order valence-corrected chi connectivity index (χ0v) is 7.34. The van der Waals surface area contributed by atoms with Crippen molar-refractivity contribution < 1.29 is 0 Å². The Labute approximate surface area is 78.0 Å². The molecule has 0 radical (unpaired) electrons. The summed E-state index contributed by atoms with van der Waals surface area (Å²) in [5.74, 6) is 0.